The SMILES string of the molecule is COc1ccc(OC)c([C@@H]2CCCN2C(=O)C2CCN(C(=O)Nc3ccccc3)CC2)c1. The van der Waals surface area contributed by atoms with E-state index in [1.807, 2.05) is 53.4 Å². The molecule has 0 spiro atoms. The number of amides is 3. The van der Waals surface area contributed by atoms with Gasteiger partial charge in [-0.15, -0.1) is 0 Å². The predicted octanol–water partition coefficient (Wildman–Crippen LogP) is 4.31. The van der Waals surface area contributed by atoms with Gasteiger partial charge in [-0.1, -0.05) is 18.2 Å². The Bertz CT molecular complexity index is 941. The second-order valence-corrected chi connectivity index (χ2v) is 8.36. The number of hydrogen-bond acceptors (Lipinski definition) is 4. The maximum Gasteiger partial charge on any atom is 0.321 e. The molecule has 3 amide bonds. The van der Waals surface area contributed by atoms with Crippen LogP contribution in [0.5, 0.6) is 11.5 Å². The van der Waals surface area contributed by atoms with Crippen LogP contribution in [0.1, 0.15) is 37.3 Å². The molecule has 0 aliphatic carbocycles. The molecule has 2 fully saturated rings. The molecule has 1 N–H and O–H groups in total. The maximum atomic E-state index is 13.4. The minimum absolute atomic E-state index is 0.00745. The first-order valence-electron chi connectivity index (χ1n) is 11.2. The summed E-state index contributed by atoms with van der Waals surface area (Å²) in [6, 6.07) is 15.1. The number of anilines is 1. The fourth-order valence-corrected chi connectivity index (χ4v) is 4.74. The molecule has 2 aliphatic heterocycles. The quantitative estimate of drug-likeness (QED) is 0.757. The van der Waals surface area contributed by atoms with Gasteiger partial charge in [-0.05, 0) is 56.0 Å². The first-order chi connectivity index (χ1) is 15.6. The van der Waals surface area contributed by atoms with E-state index in [1.165, 1.54) is 0 Å². The summed E-state index contributed by atoms with van der Waals surface area (Å²) in [6.07, 6.45) is 3.24. The zero-order chi connectivity index (χ0) is 22.5. The molecule has 170 valence electrons. The lowest BCUT2D eigenvalue weighted by Gasteiger charge is -2.35. The number of carbonyl (C=O) groups excluding carboxylic acids is 2. The summed E-state index contributed by atoms with van der Waals surface area (Å²) >= 11 is 0. The molecule has 0 bridgehead atoms. The summed E-state index contributed by atoms with van der Waals surface area (Å²) in [6.45, 7) is 1.91. The van der Waals surface area contributed by atoms with Crippen LogP contribution in [0.3, 0.4) is 0 Å². The lowest BCUT2D eigenvalue weighted by atomic mass is 9.94. The normalized spacial score (nSPS) is 19.0. The smallest absolute Gasteiger partial charge is 0.321 e. The first-order valence-corrected chi connectivity index (χ1v) is 11.2. The molecule has 0 aromatic heterocycles. The lowest BCUT2D eigenvalue weighted by molar-refractivity contribution is -0.137. The minimum atomic E-state index is -0.109. The van der Waals surface area contributed by atoms with Gasteiger partial charge in [-0.2, -0.15) is 0 Å². The Morgan fingerprint density at radius 1 is 0.938 bits per heavy atom. The van der Waals surface area contributed by atoms with Crippen LogP contribution in [0.15, 0.2) is 48.5 Å². The Balaban J connectivity index is 1.39. The van der Waals surface area contributed by atoms with Gasteiger partial charge in [-0.3, -0.25) is 4.79 Å². The van der Waals surface area contributed by atoms with Crippen LogP contribution in [0.2, 0.25) is 0 Å². The van der Waals surface area contributed by atoms with E-state index >= 15 is 0 Å². The largest absolute Gasteiger partial charge is 0.497 e. The van der Waals surface area contributed by atoms with Crippen LogP contribution in [-0.4, -0.2) is 55.6 Å². The van der Waals surface area contributed by atoms with Crippen molar-refractivity contribution in [2.24, 2.45) is 5.92 Å². The number of ether oxygens (including phenoxy) is 2. The van der Waals surface area contributed by atoms with Gasteiger partial charge in [0.1, 0.15) is 11.5 Å². The number of nitrogens with one attached hydrogen (secondary N) is 1. The maximum absolute atomic E-state index is 13.4. The molecule has 2 saturated heterocycles. The third kappa shape index (κ3) is 4.66. The van der Waals surface area contributed by atoms with Gasteiger partial charge in [0.15, 0.2) is 0 Å². The van der Waals surface area contributed by atoms with Crippen molar-refractivity contribution in [3.8, 4) is 11.5 Å². The molecule has 32 heavy (non-hydrogen) atoms. The molecule has 2 aromatic rings. The molecule has 0 radical (unpaired) electrons. The van der Waals surface area contributed by atoms with Crippen LogP contribution >= 0.6 is 0 Å². The molecule has 0 unspecified atom stereocenters. The number of methoxy groups -OCH3 is 2. The summed E-state index contributed by atoms with van der Waals surface area (Å²) < 4.78 is 11.0. The van der Waals surface area contributed by atoms with Crippen molar-refractivity contribution in [3.05, 3.63) is 54.1 Å². The molecular formula is C25H31N3O4. The number of urea groups is 1. The van der Waals surface area contributed by atoms with Crippen LogP contribution < -0.4 is 14.8 Å². The van der Waals surface area contributed by atoms with E-state index in [9.17, 15) is 9.59 Å². The average molecular weight is 438 g/mol. The number of likely N-dealkylation sites (tertiary alicyclic amines) is 2. The summed E-state index contributed by atoms with van der Waals surface area (Å²) in [7, 11) is 3.30. The Labute approximate surface area is 189 Å². The van der Waals surface area contributed by atoms with Crippen molar-refractivity contribution in [1.82, 2.24) is 9.80 Å². The molecule has 2 aliphatic rings. The third-order valence-electron chi connectivity index (χ3n) is 6.49. The van der Waals surface area contributed by atoms with E-state index < -0.39 is 0 Å². The Hall–Kier alpha value is -3.22. The second-order valence-electron chi connectivity index (χ2n) is 8.36. The van der Waals surface area contributed by atoms with Crippen molar-refractivity contribution in [3.63, 3.8) is 0 Å². The highest BCUT2D eigenvalue weighted by molar-refractivity contribution is 5.89. The number of hydrogen-bond donors (Lipinski definition) is 1. The fraction of sp³-hybridized carbons (Fsp3) is 0.440. The van der Waals surface area contributed by atoms with E-state index in [0.717, 1.165) is 42.1 Å². The zero-order valence-electron chi connectivity index (χ0n) is 18.8. The van der Waals surface area contributed by atoms with Gasteiger partial charge >= 0.3 is 6.03 Å². The second kappa shape index (κ2) is 9.94. The average Bonchev–Trinajstić information content (AvgIpc) is 3.33. The Morgan fingerprint density at radius 2 is 1.69 bits per heavy atom. The van der Waals surface area contributed by atoms with Crippen molar-refractivity contribution in [2.45, 2.75) is 31.7 Å². The molecule has 2 aromatic carbocycles. The van der Waals surface area contributed by atoms with Gasteiger partial charge in [0.2, 0.25) is 5.91 Å². The summed E-state index contributed by atoms with van der Waals surface area (Å²) in [5.41, 5.74) is 1.78. The van der Waals surface area contributed by atoms with Gasteiger partial charge in [0.25, 0.3) is 0 Å². The Kier molecular flexibility index (Phi) is 6.83. The number of rotatable bonds is 5. The molecule has 1 atom stereocenters. The number of piperidine rings is 1. The van der Waals surface area contributed by atoms with Gasteiger partial charge in [0, 0.05) is 36.8 Å². The highest BCUT2D eigenvalue weighted by Gasteiger charge is 2.37. The number of para-hydroxylation sites is 1. The molecule has 0 saturated carbocycles. The van der Waals surface area contributed by atoms with Crippen LogP contribution in [0, 0.1) is 5.92 Å². The Morgan fingerprint density at radius 3 is 2.38 bits per heavy atom. The zero-order valence-corrected chi connectivity index (χ0v) is 18.8. The number of benzene rings is 2. The van der Waals surface area contributed by atoms with Crippen LogP contribution in [-0.2, 0) is 4.79 Å². The van der Waals surface area contributed by atoms with E-state index in [-0.39, 0.29) is 23.9 Å². The van der Waals surface area contributed by atoms with E-state index in [2.05, 4.69) is 5.32 Å². The monoisotopic (exact) mass is 437 g/mol. The molecule has 7 heteroatoms. The summed E-state index contributed by atoms with van der Waals surface area (Å²) in [5.74, 6) is 1.66. The van der Waals surface area contributed by atoms with Gasteiger partial charge in [0.05, 0.1) is 20.3 Å². The van der Waals surface area contributed by atoms with Crippen LogP contribution in [0.4, 0.5) is 10.5 Å². The predicted molar refractivity (Wildman–Crippen MR) is 123 cm³/mol. The fourth-order valence-electron chi connectivity index (χ4n) is 4.74. The molecule has 4 rings (SSSR count). The standard InChI is InChI=1S/C25H31N3O4/c1-31-20-10-11-23(32-2)21(17-20)22-9-6-14-28(22)24(29)18-12-15-27(16-13-18)25(30)26-19-7-4-3-5-8-19/h3-5,7-8,10-11,17-18,22H,6,9,12-16H2,1-2H3,(H,26,30)/t22-/m0/s1. The van der Waals surface area contributed by atoms with Gasteiger partial charge in [-0.25, -0.2) is 4.79 Å². The first kappa shape index (κ1) is 22.0. The van der Waals surface area contributed by atoms with Crippen molar-refractivity contribution in [1.29, 1.82) is 0 Å². The van der Waals surface area contributed by atoms with Crippen molar-refractivity contribution < 1.29 is 19.1 Å². The topological polar surface area (TPSA) is 71.1 Å². The van der Waals surface area contributed by atoms with E-state index in [0.29, 0.717) is 25.9 Å². The van der Waals surface area contributed by atoms with E-state index in [4.69, 9.17) is 9.47 Å². The molecule has 7 nitrogen and oxygen atoms in total. The lowest BCUT2D eigenvalue weighted by Crippen LogP contribution is -2.45. The highest BCUT2D eigenvalue weighted by atomic mass is 16.5. The third-order valence-corrected chi connectivity index (χ3v) is 6.49. The molecule has 2 heterocycles. The number of nitrogens with zero attached hydrogens (tertiary/aromatic N) is 2. The number of carbonyl (C=O) groups is 2. The van der Waals surface area contributed by atoms with Crippen molar-refractivity contribution in [2.75, 3.05) is 39.2 Å². The van der Waals surface area contributed by atoms with Crippen molar-refractivity contribution >= 4 is 17.6 Å². The summed E-state index contributed by atoms with van der Waals surface area (Å²) in [5, 5.41) is 2.93. The van der Waals surface area contributed by atoms with Crippen LogP contribution in [0.25, 0.3) is 0 Å². The van der Waals surface area contributed by atoms with E-state index in [1.54, 1.807) is 19.1 Å². The minimum Gasteiger partial charge on any atom is -0.497 e. The van der Waals surface area contributed by atoms with Gasteiger partial charge < -0.3 is 24.6 Å². The molecular weight excluding hydrogens is 406 g/mol. The summed E-state index contributed by atoms with van der Waals surface area (Å²) in [4.78, 5) is 29.8. The highest BCUT2D eigenvalue weighted by Crippen LogP contribution is 2.40.